The molecule has 4 nitrogen and oxygen atoms in total. The number of sulfone groups is 1. The van der Waals surface area contributed by atoms with Crippen LogP contribution in [0.5, 0.6) is 0 Å². The summed E-state index contributed by atoms with van der Waals surface area (Å²) in [4.78, 5) is 13.6. The van der Waals surface area contributed by atoms with E-state index in [1.165, 1.54) is 11.3 Å². The van der Waals surface area contributed by atoms with Gasteiger partial charge in [-0.05, 0) is 31.4 Å². The van der Waals surface area contributed by atoms with E-state index in [4.69, 9.17) is 4.74 Å². The molecule has 2 heterocycles. The minimum Gasteiger partial charge on any atom is -0.377 e. The summed E-state index contributed by atoms with van der Waals surface area (Å²) in [5.41, 5.74) is 0. The van der Waals surface area contributed by atoms with Crippen molar-refractivity contribution in [2.75, 3.05) is 18.1 Å². The van der Waals surface area contributed by atoms with Crippen molar-refractivity contribution in [2.45, 2.75) is 32.3 Å². The molecule has 1 aromatic heterocycles. The summed E-state index contributed by atoms with van der Waals surface area (Å²) in [7, 11) is -3.38. The van der Waals surface area contributed by atoms with E-state index in [9.17, 15) is 13.2 Å². The molecule has 0 spiro atoms. The zero-order valence-corrected chi connectivity index (χ0v) is 12.6. The Bertz CT molecular complexity index is 539. The van der Waals surface area contributed by atoms with Crippen molar-refractivity contribution in [2.24, 2.45) is 0 Å². The number of Topliss-reactive ketones (excluding diaryl/α,β-unsaturated/α-hetero) is 1. The molecule has 0 N–H and O–H groups in total. The summed E-state index contributed by atoms with van der Waals surface area (Å²) in [5, 5.41) is 0. The van der Waals surface area contributed by atoms with Crippen LogP contribution in [-0.4, -0.2) is 38.4 Å². The van der Waals surface area contributed by atoms with E-state index in [-0.39, 0.29) is 17.6 Å². The van der Waals surface area contributed by atoms with Crippen LogP contribution in [0, 0.1) is 0 Å². The Labute approximate surface area is 117 Å². The lowest BCUT2D eigenvalue weighted by molar-refractivity contribution is 0.102. The summed E-state index contributed by atoms with van der Waals surface area (Å²) in [5.74, 6) is -0.746. The SMILES string of the molecule is CCc1ccc(C(=O)CS(=O)(=O)CC2CCCO2)s1. The quantitative estimate of drug-likeness (QED) is 0.755. The van der Waals surface area contributed by atoms with Crippen molar-refractivity contribution in [3.05, 3.63) is 21.9 Å². The Balaban J connectivity index is 1.96. The van der Waals surface area contributed by atoms with Gasteiger partial charge in [0.05, 0.1) is 16.7 Å². The summed E-state index contributed by atoms with van der Waals surface area (Å²) < 4.78 is 29.2. The van der Waals surface area contributed by atoms with Crippen LogP contribution in [0.15, 0.2) is 12.1 Å². The van der Waals surface area contributed by atoms with Crippen molar-refractivity contribution in [1.29, 1.82) is 0 Å². The highest BCUT2D eigenvalue weighted by Crippen LogP contribution is 2.19. The van der Waals surface area contributed by atoms with E-state index < -0.39 is 15.6 Å². The largest absolute Gasteiger partial charge is 0.377 e. The molecule has 19 heavy (non-hydrogen) atoms. The van der Waals surface area contributed by atoms with Gasteiger partial charge >= 0.3 is 0 Å². The maximum atomic E-state index is 12.0. The fourth-order valence-electron chi connectivity index (χ4n) is 2.11. The Kier molecular flexibility index (Phi) is 4.76. The number of ketones is 1. The van der Waals surface area contributed by atoms with Crippen LogP contribution in [0.25, 0.3) is 0 Å². The van der Waals surface area contributed by atoms with Crippen LogP contribution in [0.1, 0.15) is 34.3 Å². The first-order valence-corrected chi connectivity index (χ1v) is 9.08. The molecule has 1 aliphatic rings. The Morgan fingerprint density at radius 3 is 2.84 bits per heavy atom. The van der Waals surface area contributed by atoms with E-state index in [2.05, 4.69) is 0 Å². The van der Waals surface area contributed by atoms with Gasteiger partial charge in [0.25, 0.3) is 0 Å². The summed E-state index contributed by atoms with van der Waals surface area (Å²) in [6.45, 7) is 2.63. The molecular formula is C13H18O4S2. The summed E-state index contributed by atoms with van der Waals surface area (Å²) >= 11 is 1.38. The van der Waals surface area contributed by atoms with Gasteiger partial charge in [0.15, 0.2) is 15.6 Å². The zero-order chi connectivity index (χ0) is 13.9. The minimum atomic E-state index is -3.38. The van der Waals surface area contributed by atoms with E-state index in [1.807, 2.05) is 13.0 Å². The minimum absolute atomic E-state index is 0.0370. The number of hydrogen-bond donors (Lipinski definition) is 0. The maximum Gasteiger partial charge on any atom is 0.187 e. The zero-order valence-electron chi connectivity index (χ0n) is 10.9. The van der Waals surface area contributed by atoms with Crippen molar-refractivity contribution < 1.29 is 17.9 Å². The predicted molar refractivity (Wildman–Crippen MR) is 75.7 cm³/mol. The lowest BCUT2D eigenvalue weighted by atomic mass is 10.3. The second-order valence-corrected chi connectivity index (χ2v) is 8.01. The van der Waals surface area contributed by atoms with Crippen LogP contribution in [-0.2, 0) is 21.0 Å². The van der Waals surface area contributed by atoms with Crippen LogP contribution >= 0.6 is 11.3 Å². The van der Waals surface area contributed by atoms with Crippen molar-refractivity contribution in [3.63, 3.8) is 0 Å². The smallest absolute Gasteiger partial charge is 0.187 e. The van der Waals surface area contributed by atoms with Crippen LogP contribution in [0.3, 0.4) is 0 Å². The van der Waals surface area contributed by atoms with Crippen molar-refractivity contribution >= 4 is 27.0 Å². The number of hydrogen-bond acceptors (Lipinski definition) is 5. The fraction of sp³-hybridized carbons (Fsp3) is 0.615. The third-order valence-electron chi connectivity index (χ3n) is 3.10. The average molecular weight is 302 g/mol. The number of aryl methyl sites for hydroxylation is 1. The normalized spacial score (nSPS) is 19.7. The van der Waals surface area contributed by atoms with Crippen LogP contribution < -0.4 is 0 Å². The highest BCUT2D eigenvalue weighted by atomic mass is 32.2. The van der Waals surface area contributed by atoms with Gasteiger partial charge in [0, 0.05) is 11.5 Å². The first-order chi connectivity index (χ1) is 9.00. The topological polar surface area (TPSA) is 60.4 Å². The van der Waals surface area contributed by atoms with Crippen molar-refractivity contribution in [3.8, 4) is 0 Å². The van der Waals surface area contributed by atoms with Gasteiger partial charge in [0.1, 0.15) is 5.75 Å². The first kappa shape index (κ1) is 14.7. The summed E-state index contributed by atoms with van der Waals surface area (Å²) in [6.07, 6.45) is 2.30. The van der Waals surface area contributed by atoms with Gasteiger partial charge in [-0.2, -0.15) is 0 Å². The average Bonchev–Trinajstić information content (AvgIpc) is 2.97. The molecule has 6 heteroatoms. The molecule has 1 fully saturated rings. The van der Waals surface area contributed by atoms with Gasteiger partial charge in [-0.15, -0.1) is 11.3 Å². The maximum absolute atomic E-state index is 12.0. The van der Waals surface area contributed by atoms with Crippen LogP contribution in [0.2, 0.25) is 0 Å². The number of rotatable bonds is 6. The number of ether oxygens (including phenoxy) is 1. The molecule has 2 rings (SSSR count). The number of carbonyl (C=O) groups excluding carboxylic acids is 1. The standard InChI is InChI=1S/C13H18O4S2/c1-2-11-5-6-13(18-11)12(14)9-19(15,16)8-10-4-3-7-17-10/h5-6,10H,2-4,7-9H2,1H3. The second kappa shape index (κ2) is 6.15. The molecule has 1 saturated heterocycles. The van der Waals surface area contributed by atoms with Gasteiger partial charge in [-0.25, -0.2) is 8.42 Å². The van der Waals surface area contributed by atoms with Gasteiger partial charge < -0.3 is 4.74 Å². The number of thiophene rings is 1. The molecule has 0 bridgehead atoms. The van der Waals surface area contributed by atoms with Crippen molar-refractivity contribution in [1.82, 2.24) is 0 Å². The lowest BCUT2D eigenvalue weighted by Gasteiger charge is -2.09. The first-order valence-electron chi connectivity index (χ1n) is 6.44. The molecular weight excluding hydrogens is 284 g/mol. The lowest BCUT2D eigenvalue weighted by Crippen LogP contribution is -2.25. The molecule has 1 aliphatic heterocycles. The molecule has 1 atom stereocenters. The Hall–Kier alpha value is -0.720. The van der Waals surface area contributed by atoms with E-state index in [1.54, 1.807) is 6.07 Å². The molecule has 1 aromatic rings. The van der Waals surface area contributed by atoms with E-state index >= 15 is 0 Å². The van der Waals surface area contributed by atoms with E-state index in [0.717, 1.165) is 24.1 Å². The predicted octanol–water partition coefficient (Wildman–Crippen LogP) is 2.09. The monoisotopic (exact) mass is 302 g/mol. The molecule has 0 saturated carbocycles. The number of carbonyl (C=O) groups is 1. The molecule has 0 aromatic carbocycles. The highest BCUT2D eigenvalue weighted by Gasteiger charge is 2.26. The fourth-order valence-corrected chi connectivity index (χ4v) is 4.59. The van der Waals surface area contributed by atoms with Crippen LogP contribution in [0.4, 0.5) is 0 Å². The molecule has 106 valence electrons. The highest BCUT2D eigenvalue weighted by molar-refractivity contribution is 7.92. The third-order valence-corrected chi connectivity index (χ3v) is 5.95. The molecule has 0 amide bonds. The second-order valence-electron chi connectivity index (χ2n) is 4.73. The van der Waals surface area contributed by atoms with E-state index in [0.29, 0.717) is 11.5 Å². The van der Waals surface area contributed by atoms with Gasteiger partial charge in [0.2, 0.25) is 0 Å². The third kappa shape index (κ3) is 4.12. The van der Waals surface area contributed by atoms with Gasteiger partial charge in [-0.3, -0.25) is 4.79 Å². The molecule has 0 aliphatic carbocycles. The summed E-state index contributed by atoms with van der Waals surface area (Å²) in [6, 6.07) is 3.60. The Morgan fingerprint density at radius 1 is 1.47 bits per heavy atom. The molecule has 1 unspecified atom stereocenters. The van der Waals surface area contributed by atoms with Gasteiger partial charge in [-0.1, -0.05) is 6.92 Å². The molecule has 0 radical (unpaired) electrons. The Morgan fingerprint density at radius 2 is 2.26 bits per heavy atom.